The maximum absolute atomic E-state index is 10.8. The molecule has 78 valence electrons. The van der Waals surface area contributed by atoms with Gasteiger partial charge in [-0.2, -0.15) is 0 Å². The second kappa shape index (κ2) is 4.31. The summed E-state index contributed by atoms with van der Waals surface area (Å²) in [6.07, 6.45) is 2.96. The van der Waals surface area contributed by atoms with Gasteiger partial charge in [0.2, 0.25) is 0 Å². The third-order valence-electron chi connectivity index (χ3n) is 2.88. The van der Waals surface area contributed by atoms with Crippen LogP contribution in [0.2, 0.25) is 0 Å². The topological polar surface area (TPSA) is 17.1 Å². The monoisotopic (exact) mass is 264 g/mol. The lowest BCUT2D eigenvalue weighted by atomic mass is 10.0. The second-order valence-corrected chi connectivity index (χ2v) is 4.83. The number of carbonyl (C=O) groups excluding carboxylic acids is 1. The van der Waals surface area contributed by atoms with Gasteiger partial charge in [0, 0.05) is 10.4 Å². The molecule has 0 radical (unpaired) electrons. The maximum Gasteiger partial charge on any atom is 0.128 e. The summed E-state index contributed by atoms with van der Waals surface area (Å²) in [7, 11) is 0. The molecule has 0 aromatic heterocycles. The van der Waals surface area contributed by atoms with E-state index in [-0.39, 0.29) is 5.92 Å². The van der Waals surface area contributed by atoms with E-state index < -0.39 is 0 Å². The normalized spacial score (nSPS) is 20.8. The summed E-state index contributed by atoms with van der Waals surface area (Å²) in [5.41, 5.74) is 3.78. The van der Waals surface area contributed by atoms with Crippen molar-refractivity contribution in [1.82, 2.24) is 0 Å². The Hall–Kier alpha value is -0.890. The molecule has 1 aromatic rings. The average molecular weight is 265 g/mol. The van der Waals surface area contributed by atoms with Crippen LogP contribution in [0, 0.1) is 12.8 Å². The lowest BCUT2D eigenvalue weighted by Gasteiger charge is -2.04. The Bertz CT molecular complexity index is 403. The van der Waals surface area contributed by atoms with Gasteiger partial charge < -0.3 is 4.79 Å². The summed E-state index contributed by atoms with van der Waals surface area (Å²) in [5, 5.41) is 0. The summed E-state index contributed by atoms with van der Waals surface area (Å²) in [6.45, 7) is 2.08. The molecular formula is C13H13BrO. The molecule has 2 rings (SSSR count). The van der Waals surface area contributed by atoms with Gasteiger partial charge in [-0.05, 0) is 30.9 Å². The molecule has 2 heteroatoms. The Kier molecular flexibility index (Phi) is 3.06. The summed E-state index contributed by atoms with van der Waals surface area (Å²) < 4.78 is 1.07. The van der Waals surface area contributed by atoms with Crippen LogP contribution in [0.25, 0.3) is 5.57 Å². The Morgan fingerprint density at radius 1 is 1.33 bits per heavy atom. The largest absolute Gasteiger partial charge is 0.303 e. The van der Waals surface area contributed by atoms with Crippen LogP contribution in [-0.2, 0) is 4.79 Å². The van der Waals surface area contributed by atoms with E-state index in [1.54, 1.807) is 0 Å². The second-order valence-electron chi connectivity index (χ2n) is 3.97. The van der Waals surface area contributed by atoms with Crippen LogP contribution in [-0.4, -0.2) is 6.29 Å². The Morgan fingerprint density at radius 2 is 2.00 bits per heavy atom. The highest BCUT2D eigenvalue weighted by Gasteiger charge is 2.23. The first-order chi connectivity index (χ1) is 7.22. The minimum Gasteiger partial charge on any atom is -0.303 e. The Labute approximate surface area is 98.3 Å². The smallest absolute Gasteiger partial charge is 0.128 e. The van der Waals surface area contributed by atoms with Crippen LogP contribution in [0.15, 0.2) is 28.7 Å². The van der Waals surface area contributed by atoms with Crippen molar-refractivity contribution < 1.29 is 4.79 Å². The molecule has 1 aromatic carbocycles. The SMILES string of the molecule is Cc1ccc(C2=C(Br)C(C=O)CC2)cc1. The van der Waals surface area contributed by atoms with Gasteiger partial charge in [-0.1, -0.05) is 45.8 Å². The molecule has 0 saturated heterocycles. The number of rotatable bonds is 2. The van der Waals surface area contributed by atoms with Crippen LogP contribution in [0.5, 0.6) is 0 Å². The molecule has 15 heavy (non-hydrogen) atoms. The summed E-state index contributed by atoms with van der Waals surface area (Å²) in [5.74, 6) is 0.0707. The molecule has 0 bridgehead atoms. The van der Waals surface area contributed by atoms with E-state index in [0.717, 1.165) is 23.6 Å². The van der Waals surface area contributed by atoms with E-state index in [4.69, 9.17) is 0 Å². The van der Waals surface area contributed by atoms with Gasteiger partial charge in [-0.3, -0.25) is 0 Å². The quantitative estimate of drug-likeness (QED) is 0.745. The number of aryl methyl sites for hydroxylation is 1. The van der Waals surface area contributed by atoms with Gasteiger partial charge >= 0.3 is 0 Å². The molecule has 0 saturated carbocycles. The van der Waals surface area contributed by atoms with Gasteiger partial charge in [0.15, 0.2) is 0 Å². The van der Waals surface area contributed by atoms with E-state index in [2.05, 4.69) is 47.1 Å². The molecule has 0 aliphatic heterocycles. The van der Waals surface area contributed by atoms with Crippen molar-refractivity contribution in [3.8, 4) is 0 Å². The van der Waals surface area contributed by atoms with Crippen molar-refractivity contribution in [3.05, 3.63) is 39.9 Å². The lowest BCUT2D eigenvalue weighted by Crippen LogP contribution is -1.94. The number of benzene rings is 1. The molecule has 1 aliphatic carbocycles. The molecule has 1 atom stereocenters. The standard InChI is InChI=1S/C13H13BrO/c1-9-2-4-10(5-3-9)12-7-6-11(8-15)13(12)14/h2-5,8,11H,6-7H2,1H3. The minimum atomic E-state index is 0.0707. The molecule has 0 amide bonds. The fourth-order valence-corrected chi connectivity index (χ4v) is 2.70. The van der Waals surface area contributed by atoms with Crippen LogP contribution < -0.4 is 0 Å². The molecule has 1 nitrogen and oxygen atoms in total. The number of hydrogen-bond donors (Lipinski definition) is 0. The van der Waals surface area contributed by atoms with Crippen LogP contribution in [0.4, 0.5) is 0 Å². The third kappa shape index (κ3) is 2.05. The fraction of sp³-hybridized carbons (Fsp3) is 0.308. The number of allylic oxidation sites excluding steroid dienone is 2. The first-order valence-electron chi connectivity index (χ1n) is 5.13. The molecule has 0 heterocycles. The first kappa shape index (κ1) is 10.6. The molecule has 0 fully saturated rings. The lowest BCUT2D eigenvalue weighted by molar-refractivity contribution is -0.109. The van der Waals surface area contributed by atoms with E-state index in [1.165, 1.54) is 16.7 Å². The highest BCUT2D eigenvalue weighted by molar-refractivity contribution is 9.11. The van der Waals surface area contributed by atoms with Crippen LogP contribution >= 0.6 is 15.9 Å². The predicted molar refractivity (Wildman–Crippen MR) is 65.8 cm³/mol. The van der Waals surface area contributed by atoms with E-state index >= 15 is 0 Å². The van der Waals surface area contributed by atoms with Crippen molar-refractivity contribution in [2.75, 3.05) is 0 Å². The molecule has 0 spiro atoms. The number of carbonyl (C=O) groups is 1. The summed E-state index contributed by atoms with van der Waals surface area (Å²) in [4.78, 5) is 10.8. The summed E-state index contributed by atoms with van der Waals surface area (Å²) in [6, 6.07) is 8.46. The molecular weight excluding hydrogens is 252 g/mol. The van der Waals surface area contributed by atoms with Crippen molar-refractivity contribution in [2.24, 2.45) is 5.92 Å². The Balaban J connectivity index is 2.35. The van der Waals surface area contributed by atoms with Crippen molar-refractivity contribution in [1.29, 1.82) is 0 Å². The highest BCUT2D eigenvalue weighted by atomic mass is 79.9. The third-order valence-corrected chi connectivity index (χ3v) is 3.95. The van der Waals surface area contributed by atoms with Gasteiger partial charge in [0.05, 0.1) is 0 Å². The van der Waals surface area contributed by atoms with Gasteiger partial charge in [0.1, 0.15) is 6.29 Å². The zero-order valence-electron chi connectivity index (χ0n) is 8.66. The van der Waals surface area contributed by atoms with E-state index in [9.17, 15) is 4.79 Å². The predicted octanol–water partition coefficient (Wildman–Crippen LogP) is 3.71. The number of halogens is 1. The van der Waals surface area contributed by atoms with E-state index in [1.807, 2.05) is 0 Å². The number of aldehydes is 1. The average Bonchev–Trinajstić information content (AvgIpc) is 2.61. The van der Waals surface area contributed by atoms with Gasteiger partial charge in [-0.25, -0.2) is 0 Å². The fourth-order valence-electron chi connectivity index (χ4n) is 1.93. The van der Waals surface area contributed by atoms with Crippen molar-refractivity contribution >= 4 is 27.8 Å². The maximum atomic E-state index is 10.8. The Morgan fingerprint density at radius 3 is 2.53 bits per heavy atom. The number of hydrogen-bond acceptors (Lipinski definition) is 1. The van der Waals surface area contributed by atoms with Crippen molar-refractivity contribution in [3.63, 3.8) is 0 Å². The van der Waals surface area contributed by atoms with Gasteiger partial charge in [-0.15, -0.1) is 0 Å². The van der Waals surface area contributed by atoms with Gasteiger partial charge in [0.25, 0.3) is 0 Å². The molecule has 0 N–H and O–H groups in total. The van der Waals surface area contributed by atoms with Crippen molar-refractivity contribution in [2.45, 2.75) is 19.8 Å². The van der Waals surface area contributed by atoms with Crippen LogP contribution in [0.3, 0.4) is 0 Å². The first-order valence-corrected chi connectivity index (χ1v) is 5.92. The zero-order valence-corrected chi connectivity index (χ0v) is 10.3. The highest BCUT2D eigenvalue weighted by Crippen LogP contribution is 2.40. The minimum absolute atomic E-state index is 0.0707. The summed E-state index contributed by atoms with van der Waals surface area (Å²) >= 11 is 3.53. The molecule has 1 aliphatic rings. The van der Waals surface area contributed by atoms with Crippen LogP contribution in [0.1, 0.15) is 24.0 Å². The van der Waals surface area contributed by atoms with E-state index in [0.29, 0.717) is 0 Å². The molecule has 1 unspecified atom stereocenters. The zero-order chi connectivity index (χ0) is 10.8.